The molecule has 0 aromatic carbocycles. The summed E-state index contributed by atoms with van der Waals surface area (Å²) in [6.45, 7) is 7.19. The molecule has 0 aliphatic rings. The Morgan fingerprint density at radius 1 is 1.47 bits per heavy atom. The van der Waals surface area contributed by atoms with Gasteiger partial charge in [0.2, 0.25) is 0 Å². The van der Waals surface area contributed by atoms with Gasteiger partial charge in [-0.05, 0) is 26.8 Å². The minimum absolute atomic E-state index is 0.382. The molecule has 0 saturated carbocycles. The van der Waals surface area contributed by atoms with Crippen molar-refractivity contribution in [1.82, 2.24) is 14.8 Å². The fourth-order valence-electron chi connectivity index (χ4n) is 1.34. The van der Waals surface area contributed by atoms with Gasteiger partial charge in [0.15, 0.2) is 0 Å². The predicted molar refractivity (Wildman–Crippen MR) is 64.8 cm³/mol. The van der Waals surface area contributed by atoms with Crippen LogP contribution in [-0.4, -0.2) is 26.6 Å². The van der Waals surface area contributed by atoms with E-state index in [4.69, 9.17) is 5.73 Å². The number of aromatic nitrogens is 3. The molecule has 0 fully saturated rings. The van der Waals surface area contributed by atoms with E-state index in [1.54, 1.807) is 6.33 Å². The third-order valence-corrected chi connectivity index (χ3v) is 3.44. The Balaban J connectivity index is 2.46. The lowest BCUT2D eigenvalue weighted by atomic mass is 10.3. The molecule has 5 heteroatoms. The second-order valence-corrected chi connectivity index (χ2v) is 5.34. The van der Waals surface area contributed by atoms with Crippen molar-refractivity contribution < 1.29 is 0 Å². The average molecular weight is 228 g/mol. The van der Waals surface area contributed by atoms with Crippen molar-refractivity contribution in [1.29, 1.82) is 0 Å². The molecule has 15 heavy (non-hydrogen) atoms. The van der Waals surface area contributed by atoms with Crippen molar-refractivity contribution in [3.05, 3.63) is 12.2 Å². The molecular weight excluding hydrogens is 208 g/mol. The molecule has 4 nitrogen and oxygen atoms in total. The van der Waals surface area contributed by atoms with Crippen molar-refractivity contribution in [3.8, 4) is 0 Å². The normalized spacial score (nSPS) is 13.4. The van der Waals surface area contributed by atoms with Crippen LogP contribution in [0.25, 0.3) is 0 Å². The quantitative estimate of drug-likeness (QED) is 0.807. The number of thioether (sulfide) groups is 1. The Kier molecular flexibility index (Phi) is 5.11. The SMILES string of the molecule is CC(CCN)SCc1ncnn1C(C)C. The van der Waals surface area contributed by atoms with E-state index in [1.807, 2.05) is 16.4 Å². The Bertz CT molecular complexity index is 285. The van der Waals surface area contributed by atoms with Gasteiger partial charge in [0.05, 0.1) is 5.75 Å². The number of hydrogen-bond acceptors (Lipinski definition) is 4. The Morgan fingerprint density at radius 3 is 2.80 bits per heavy atom. The highest BCUT2D eigenvalue weighted by Gasteiger charge is 2.09. The van der Waals surface area contributed by atoms with Gasteiger partial charge in [-0.1, -0.05) is 6.92 Å². The van der Waals surface area contributed by atoms with Gasteiger partial charge in [0.25, 0.3) is 0 Å². The third-order valence-electron chi connectivity index (χ3n) is 2.21. The van der Waals surface area contributed by atoms with Crippen LogP contribution in [0, 0.1) is 0 Å². The van der Waals surface area contributed by atoms with E-state index in [-0.39, 0.29) is 0 Å². The van der Waals surface area contributed by atoms with Gasteiger partial charge in [0, 0.05) is 11.3 Å². The summed E-state index contributed by atoms with van der Waals surface area (Å²) in [5.41, 5.74) is 5.51. The number of nitrogens with zero attached hydrogens (tertiary/aromatic N) is 3. The molecule has 1 aromatic rings. The fourth-order valence-corrected chi connectivity index (χ4v) is 2.29. The van der Waals surface area contributed by atoms with Crippen LogP contribution in [0.5, 0.6) is 0 Å². The zero-order valence-corrected chi connectivity index (χ0v) is 10.5. The highest BCUT2D eigenvalue weighted by atomic mass is 32.2. The fraction of sp³-hybridized carbons (Fsp3) is 0.800. The molecule has 2 N–H and O–H groups in total. The Morgan fingerprint density at radius 2 is 2.20 bits per heavy atom. The first kappa shape index (κ1) is 12.5. The molecule has 0 aliphatic carbocycles. The summed E-state index contributed by atoms with van der Waals surface area (Å²) in [4.78, 5) is 4.27. The summed E-state index contributed by atoms with van der Waals surface area (Å²) in [5, 5.41) is 4.80. The van der Waals surface area contributed by atoms with Gasteiger partial charge in [0.1, 0.15) is 12.2 Å². The molecule has 0 aliphatic heterocycles. The van der Waals surface area contributed by atoms with E-state index in [2.05, 4.69) is 30.9 Å². The maximum absolute atomic E-state index is 5.51. The molecule has 0 amide bonds. The maximum atomic E-state index is 5.51. The topological polar surface area (TPSA) is 56.7 Å². The van der Waals surface area contributed by atoms with Crippen LogP contribution in [0.3, 0.4) is 0 Å². The number of rotatable bonds is 6. The summed E-state index contributed by atoms with van der Waals surface area (Å²) in [6, 6.07) is 0.382. The number of hydrogen-bond donors (Lipinski definition) is 1. The van der Waals surface area contributed by atoms with Crippen LogP contribution < -0.4 is 5.73 Å². The lowest BCUT2D eigenvalue weighted by Gasteiger charge is -2.12. The zero-order chi connectivity index (χ0) is 11.3. The van der Waals surface area contributed by atoms with E-state index < -0.39 is 0 Å². The molecule has 0 saturated heterocycles. The van der Waals surface area contributed by atoms with Crippen LogP contribution in [0.2, 0.25) is 0 Å². The van der Waals surface area contributed by atoms with Crippen molar-refractivity contribution in [3.63, 3.8) is 0 Å². The molecule has 0 radical (unpaired) electrons. The van der Waals surface area contributed by atoms with Gasteiger partial charge >= 0.3 is 0 Å². The lowest BCUT2D eigenvalue weighted by molar-refractivity contribution is 0.514. The molecule has 86 valence electrons. The average Bonchev–Trinajstić information content (AvgIpc) is 2.63. The zero-order valence-electron chi connectivity index (χ0n) is 9.68. The van der Waals surface area contributed by atoms with Gasteiger partial charge < -0.3 is 5.73 Å². The van der Waals surface area contributed by atoms with Crippen LogP contribution in [-0.2, 0) is 5.75 Å². The highest BCUT2D eigenvalue weighted by molar-refractivity contribution is 7.99. The molecule has 1 unspecified atom stereocenters. The summed E-state index contributed by atoms with van der Waals surface area (Å²) in [6.07, 6.45) is 2.68. The second-order valence-electron chi connectivity index (χ2n) is 3.91. The van der Waals surface area contributed by atoms with E-state index in [0.717, 1.165) is 24.5 Å². The molecular formula is C10H20N4S. The van der Waals surface area contributed by atoms with Crippen LogP contribution >= 0.6 is 11.8 Å². The number of nitrogens with two attached hydrogens (primary N) is 1. The van der Waals surface area contributed by atoms with Gasteiger partial charge in [-0.3, -0.25) is 0 Å². The van der Waals surface area contributed by atoms with Crippen LogP contribution in [0.4, 0.5) is 0 Å². The molecule has 1 aromatic heterocycles. The van der Waals surface area contributed by atoms with E-state index >= 15 is 0 Å². The van der Waals surface area contributed by atoms with Crippen molar-refractivity contribution in [2.24, 2.45) is 5.73 Å². The lowest BCUT2D eigenvalue weighted by Crippen LogP contribution is -2.10. The van der Waals surface area contributed by atoms with Gasteiger partial charge in [-0.15, -0.1) is 0 Å². The third kappa shape index (κ3) is 3.83. The first-order valence-corrected chi connectivity index (χ1v) is 6.40. The van der Waals surface area contributed by atoms with Gasteiger partial charge in [-0.2, -0.15) is 16.9 Å². The summed E-state index contributed by atoms with van der Waals surface area (Å²) in [5.74, 6) is 1.97. The molecule has 1 rings (SSSR count). The smallest absolute Gasteiger partial charge is 0.138 e. The first-order valence-electron chi connectivity index (χ1n) is 5.35. The minimum atomic E-state index is 0.382. The molecule has 0 bridgehead atoms. The molecule has 1 heterocycles. The van der Waals surface area contributed by atoms with Crippen LogP contribution in [0.1, 0.15) is 39.1 Å². The van der Waals surface area contributed by atoms with Crippen molar-refractivity contribution >= 4 is 11.8 Å². The predicted octanol–water partition coefficient (Wildman–Crippen LogP) is 1.83. The minimum Gasteiger partial charge on any atom is -0.330 e. The standard InChI is InChI=1S/C10H20N4S/c1-8(2)14-10(12-7-13-14)6-15-9(3)4-5-11/h7-9H,4-6,11H2,1-3H3. The maximum Gasteiger partial charge on any atom is 0.138 e. The summed E-state index contributed by atoms with van der Waals surface area (Å²) < 4.78 is 1.97. The van der Waals surface area contributed by atoms with Gasteiger partial charge in [-0.25, -0.2) is 9.67 Å². The largest absolute Gasteiger partial charge is 0.330 e. The molecule has 0 spiro atoms. The van der Waals surface area contributed by atoms with E-state index in [0.29, 0.717) is 11.3 Å². The first-order chi connectivity index (χ1) is 7.15. The monoisotopic (exact) mass is 228 g/mol. The Labute approximate surface area is 95.6 Å². The van der Waals surface area contributed by atoms with Crippen LogP contribution in [0.15, 0.2) is 6.33 Å². The van der Waals surface area contributed by atoms with E-state index in [9.17, 15) is 0 Å². The van der Waals surface area contributed by atoms with Crippen molar-refractivity contribution in [2.75, 3.05) is 6.54 Å². The van der Waals surface area contributed by atoms with Crippen molar-refractivity contribution in [2.45, 2.75) is 44.2 Å². The second kappa shape index (κ2) is 6.12. The van der Waals surface area contributed by atoms with E-state index in [1.165, 1.54) is 0 Å². The Hall–Kier alpha value is -0.550. The molecule has 1 atom stereocenters. The highest BCUT2D eigenvalue weighted by Crippen LogP contribution is 2.19. The summed E-state index contributed by atoms with van der Waals surface area (Å²) in [7, 11) is 0. The summed E-state index contributed by atoms with van der Waals surface area (Å²) >= 11 is 1.89.